The molecule has 0 spiro atoms. The normalized spacial score (nSPS) is 10.2. The molecule has 0 unspecified atom stereocenters. The van der Waals surface area contributed by atoms with Gasteiger partial charge in [0, 0.05) is 19.3 Å². The van der Waals surface area contributed by atoms with Gasteiger partial charge in [-0.2, -0.15) is 0 Å². The summed E-state index contributed by atoms with van der Waals surface area (Å²) < 4.78 is 10.7. The average Bonchev–Trinajstić information content (AvgIpc) is 2.67. The molecule has 0 aliphatic rings. The second-order valence-corrected chi connectivity index (χ2v) is 5.36. The van der Waals surface area contributed by atoms with E-state index in [0.29, 0.717) is 18.7 Å². The van der Waals surface area contributed by atoms with Crippen molar-refractivity contribution >= 4 is 11.7 Å². The van der Waals surface area contributed by atoms with Gasteiger partial charge < -0.3 is 19.7 Å². The number of rotatable bonds is 9. The molecule has 0 atom stereocenters. The monoisotopic (exact) mass is 343 g/mol. The molecule has 2 rings (SSSR count). The number of ether oxygens (including phenoxy) is 2. The number of carbonyl (C=O) groups excluding carboxylic acids is 1. The van der Waals surface area contributed by atoms with Crippen molar-refractivity contribution in [3.05, 3.63) is 48.2 Å². The molecule has 25 heavy (non-hydrogen) atoms. The number of hydrogen-bond acceptors (Lipinski definition) is 5. The maximum atomic E-state index is 12.1. The average molecular weight is 343 g/mol. The van der Waals surface area contributed by atoms with Gasteiger partial charge in [-0.25, -0.2) is 4.98 Å². The molecule has 1 aromatic carbocycles. The van der Waals surface area contributed by atoms with Crippen molar-refractivity contribution in [1.82, 2.24) is 10.3 Å². The zero-order chi connectivity index (χ0) is 18.1. The predicted molar refractivity (Wildman–Crippen MR) is 98.6 cm³/mol. The van der Waals surface area contributed by atoms with E-state index in [9.17, 15) is 4.79 Å². The van der Waals surface area contributed by atoms with Crippen LogP contribution >= 0.6 is 0 Å². The van der Waals surface area contributed by atoms with Gasteiger partial charge in [0.2, 0.25) is 0 Å². The maximum Gasteiger partial charge on any atom is 0.252 e. The smallest absolute Gasteiger partial charge is 0.252 e. The van der Waals surface area contributed by atoms with Crippen LogP contribution in [0, 0.1) is 0 Å². The highest BCUT2D eigenvalue weighted by molar-refractivity contribution is 5.94. The summed E-state index contributed by atoms with van der Waals surface area (Å²) in [5.74, 6) is 2.24. The van der Waals surface area contributed by atoms with E-state index >= 15 is 0 Å². The maximum absolute atomic E-state index is 12.1. The molecule has 0 aliphatic heterocycles. The Morgan fingerprint density at radius 2 is 1.76 bits per heavy atom. The summed E-state index contributed by atoms with van der Waals surface area (Å²) in [6.45, 7) is 6.74. The van der Waals surface area contributed by atoms with Crippen LogP contribution < -0.4 is 19.7 Å². The van der Waals surface area contributed by atoms with Gasteiger partial charge in [0.15, 0.2) is 0 Å². The third-order valence-electron chi connectivity index (χ3n) is 3.81. The topological polar surface area (TPSA) is 63.7 Å². The van der Waals surface area contributed by atoms with Gasteiger partial charge in [-0.3, -0.25) is 4.79 Å². The lowest BCUT2D eigenvalue weighted by Crippen LogP contribution is -2.28. The number of hydrogen-bond donors (Lipinski definition) is 1. The van der Waals surface area contributed by atoms with Crippen LogP contribution in [0.3, 0.4) is 0 Å². The number of anilines is 1. The quantitative estimate of drug-likeness (QED) is 0.709. The molecule has 0 saturated heterocycles. The van der Waals surface area contributed by atoms with Gasteiger partial charge in [0.25, 0.3) is 5.91 Å². The van der Waals surface area contributed by atoms with Gasteiger partial charge in [0.05, 0.1) is 19.2 Å². The zero-order valence-corrected chi connectivity index (χ0v) is 15.0. The first-order valence-electron chi connectivity index (χ1n) is 8.44. The van der Waals surface area contributed by atoms with Crippen LogP contribution in [0.5, 0.6) is 11.5 Å². The van der Waals surface area contributed by atoms with Gasteiger partial charge in [0.1, 0.15) is 23.9 Å². The largest absolute Gasteiger partial charge is 0.497 e. The van der Waals surface area contributed by atoms with Crippen molar-refractivity contribution in [3.8, 4) is 11.5 Å². The van der Waals surface area contributed by atoms with Crippen LogP contribution in [0.4, 0.5) is 5.82 Å². The van der Waals surface area contributed by atoms with Crippen molar-refractivity contribution in [1.29, 1.82) is 0 Å². The fraction of sp³-hybridized carbons (Fsp3) is 0.368. The molecule has 1 aromatic heterocycles. The molecule has 0 radical (unpaired) electrons. The van der Waals surface area contributed by atoms with Crippen LogP contribution in [0.15, 0.2) is 42.6 Å². The van der Waals surface area contributed by atoms with Gasteiger partial charge in [-0.1, -0.05) is 0 Å². The molecule has 1 N–H and O–H groups in total. The molecule has 1 heterocycles. The number of carbonyl (C=O) groups is 1. The molecule has 0 aliphatic carbocycles. The van der Waals surface area contributed by atoms with E-state index in [2.05, 4.69) is 29.0 Å². The van der Waals surface area contributed by atoms with Crippen LogP contribution in [0.2, 0.25) is 0 Å². The highest BCUT2D eigenvalue weighted by Crippen LogP contribution is 2.16. The van der Waals surface area contributed by atoms with Gasteiger partial charge in [-0.15, -0.1) is 0 Å². The Labute approximate surface area is 148 Å². The summed E-state index contributed by atoms with van der Waals surface area (Å²) in [6.07, 6.45) is 1.60. The molecule has 0 bridgehead atoms. The summed E-state index contributed by atoms with van der Waals surface area (Å²) in [4.78, 5) is 18.6. The predicted octanol–water partition coefficient (Wildman–Crippen LogP) is 2.75. The molecule has 6 nitrogen and oxygen atoms in total. The minimum Gasteiger partial charge on any atom is -0.497 e. The first-order valence-corrected chi connectivity index (χ1v) is 8.44. The van der Waals surface area contributed by atoms with Gasteiger partial charge >= 0.3 is 0 Å². The lowest BCUT2D eigenvalue weighted by atomic mass is 10.2. The molecule has 134 valence electrons. The van der Waals surface area contributed by atoms with Crippen LogP contribution in [-0.4, -0.2) is 44.2 Å². The fourth-order valence-corrected chi connectivity index (χ4v) is 2.36. The van der Waals surface area contributed by atoms with Crippen molar-refractivity contribution in [2.45, 2.75) is 13.8 Å². The Hall–Kier alpha value is -2.76. The Balaban J connectivity index is 1.77. The third-order valence-corrected chi connectivity index (χ3v) is 3.81. The van der Waals surface area contributed by atoms with Crippen LogP contribution in [-0.2, 0) is 0 Å². The minimum absolute atomic E-state index is 0.156. The standard InChI is InChI=1S/C19H25N3O3/c1-4-22(5-2)18-11-6-15(14-21-18)19(23)20-12-13-25-17-9-7-16(24-3)8-10-17/h6-11,14H,4-5,12-13H2,1-3H3,(H,20,23). The Morgan fingerprint density at radius 3 is 2.32 bits per heavy atom. The van der Waals surface area contributed by atoms with E-state index in [4.69, 9.17) is 9.47 Å². The first kappa shape index (κ1) is 18.6. The van der Waals surface area contributed by atoms with E-state index in [1.54, 1.807) is 19.4 Å². The summed E-state index contributed by atoms with van der Waals surface area (Å²) >= 11 is 0. The van der Waals surface area contributed by atoms with E-state index in [0.717, 1.165) is 30.4 Å². The molecule has 1 amide bonds. The molecule has 2 aromatic rings. The van der Waals surface area contributed by atoms with Gasteiger partial charge in [-0.05, 0) is 50.2 Å². The Morgan fingerprint density at radius 1 is 1.08 bits per heavy atom. The number of nitrogens with one attached hydrogen (secondary N) is 1. The number of nitrogens with zero attached hydrogens (tertiary/aromatic N) is 2. The highest BCUT2D eigenvalue weighted by atomic mass is 16.5. The minimum atomic E-state index is -0.156. The molecule has 6 heteroatoms. The highest BCUT2D eigenvalue weighted by Gasteiger charge is 2.08. The van der Waals surface area contributed by atoms with Crippen molar-refractivity contribution in [3.63, 3.8) is 0 Å². The fourth-order valence-electron chi connectivity index (χ4n) is 2.36. The van der Waals surface area contributed by atoms with E-state index in [1.807, 2.05) is 30.3 Å². The second kappa shape index (κ2) is 9.52. The Bertz CT molecular complexity index is 653. The van der Waals surface area contributed by atoms with Crippen molar-refractivity contribution in [2.75, 3.05) is 38.3 Å². The summed E-state index contributed by atoms with van der Waals surface area (Å²) in [6, 6.07) is 11.0. The molecule has 0 fully saturated rings. The number of aromatic nitrogens is 1. The number of amides is 1. The first-order chi connectivity index (χ1) is 12.2. The molecular formula is C19H25N3O3. The molecular weight excluding hydrogens is 318 g/mol. The van der Waals surface area contributed by atoms with Crippen molar-refractivity contribution in [2.24, 2.45) is 0 Å². The number of benzene rings is 1. The zero-order valence-electron chi connectivity index (χ0n) is 15.0. The Kier molecular flexibility index (Phi) is 7.07. The summed E-state index contributed by atoms with van der Waals surface area (Å²) in [5, 5.41) is 2.83. The van der Waals surface area contributed by atoms with E-state index < -0.39 is 0 Å². The lowest BCUT2D eigenvalue weighted by Gasteiger charge is -2.19. The third kappa shape index (κ3) is 5.38. The van der Waals surface area contributed by atoms with E-state index in [1.165, 1.54) is 0 Å². The lowest BCUT2D eigenvalue weighted by molar-refractivity contribution is 0.0946. The molecule has 0 saturated carbocycles. The second-order valence-electron chi connectivity index (χ2n) is 5.36. The van der Waals surface area contributed by atoms with Crippen molar-refractivity contribution < 1.29 is 14.3 Å². The number of methoxy groups -OCH3 is 1. The van der Waals surface area contributed by atoms with Crippen LogP contribution in [0.1, 0.15) is 24.2 Å². The number of pyridine rings is 1. The SMILES string of the molecule is CCN(CC)c1ccc(C(=O)NCCOc2ccc(OC)cc2)cn1. The summed E-state index contributed by atoms with van der Waals surface area (Å²) in [7, 11) is 1.62. The van der Waals surface area contributed by atoms with Crippen LogP contribution in [0.25, 0.3) is 0 Å². The summed E-state index contributed by atoms with van der Waals surface area (Å²) in [5.41, 5.74) is 0.542. The van der Waals surface area contributed by atoms with E-state index in [-0.39, 0.29) is 5.91 Å².